The van der Waals surface area contributed by atoms with Crippen LogP contribution in [0.5, 0.6) is 0 Å². The first-order chi connectivity index (χ1) is 5.12. The van der Waals surface area contributed by atoms with Crippen molar-refractivity contribution in [3.8, 4) is 0 Å². The Balaban J connectivity index is 4.13. The van der Waals surface area contributed by atoms with E-state index >= 15 is 0 Å². The van der Waals surface area contributed by atoms with Gasteiger partial charge in [0.1, 0.15) is 0 Å². The maximum atomic E-state index is 10.7. The molecule has 0 atom stereocenters. The normalized spacial score (nSPS) is 13.1. The van der Waals surface area contributed by atoms with E-state index in [1.54, 1.807) is 0 Å². The molecule has 0 unspecified atom stereocenters. The Morgan fingerprint density at radius 1 is 1.25 bits per heavy atom. The van der Waals surface area contributed by atoms with Crippen molar-refractivity contribution in [1.82, 2.24) is 0 Å². The van der Waals surface area contributed by atoms with Crippen LogP contribution in [-0.2, 0) is 4.79 Å². The number of carbonyl (C=O) groups excluding carboxylic acids is 1. The van der Waals surface area contributed by atoms with E-state index in [0.29, 0.717) is 6.42 Å². The first-order valence-corrected chi connectivity index (χ1v) is 4.20. The number of primary amides is 1. The molecule has 0 bridgehead atoms. The Morgan fingerprint density at radius 2 is 1.67 bits per heavy atom. The summed E-state index contributed by atoms with van der Waals surface area (Å²) >= 11 is 0. The van der Waals surface area contributed by atoms with Crippen molar-refractivity contribution < 1.29 is 4.79 Å². The lowest BCUT2D eigenvalue weighted by Crippen LogP contribution is -2.38. The van der Waals surface area contributed by atoms with E-state index in [1.165, 1.54) is 0 Å². The molecule has 3 nitrogen and oxygen atoms in total. The Hall–Kier alpha value is -0.570. The van der Waals surface area contributed by atoms with Crippen LogP contribution in [0, 0.1) is 5.41 Å². The van der Waals surface area contributed by atoms with Gasteiger partial charge in [0.15, 0.2) is 0 Å². The summed E-state index contributed by atoms with van der Waals surface area (Å²) in [6.45, 7) is 7.92. The Morgan fingerprint density at radius 3 is 1.92 bits per heavy atom. The highest BCUT2D eigenvalue weighted by Crippen LogP contribution is 2.29. The number of carbonyl (C=O) groups is 1. The lowest BCUT2D eigenvalue weighted by Gasteiger charge is -2.31. The first kappa shape index (κ1) is 11.4. The molecule has 1 amide bonds. The molecule has 0 spiro atoms. The predicted molar refractivity (Wildman–Crippen MR) is 50.5 cm³/mol. The molecule has 0 rings (SSSR count). The number of hydrogen-bond acceptors (Lipinski definition) is 2. The van der Waals surface area contributed by atoms with Gasteiger partial charge < -0.3 is 11.5 Å². The van der Waals surface area contributed by atoms with Crippen LogP contribution in [0.25, 0.3) is 0 Å². The molecule has 0 aromatic rings. The van der Waals surface area contributed by atoms with Crippen molar-refractivity contribution in [2.24, 2.45) is 16.9 Å². The maximum absolute atomic E-state index is 10.7. The summed E-state index contributed by atoms with van der Waals surface area (Å²) in [5.74, 6) is -0.260. The zero-order chi connectivity index (χ0) is 9.99. The minimum Gasteiger partial charge on any atom is -0.370 e. The predicted octanol–water partition coefficient (Wildman–Crippen LogP) is 1.02. The molecule has 0 radical (unpaired) electrons. The highest BCUT2D eigenvalue weighted by atomic mass is 16.1. The third-order valence-electron chi connectivity index (χ3n) is 1.59. The van der Waals surface area contributed by atoms with Gasteiger partial charge in [-0.1, -0.05) is 13.8 Å². The summed E-state index contributed by atoms with van der Waals surface area (Å²) in [6, 6.07) is 0. The minimum absolute atomic E-state index is 0.0932. The molecular weight excluding hydrogens is 152 g/mol. The van der Waals surface area contributed by atoms with E-state index in [4.69, 9.17) is 11.5 Å². The molecule has 4 N–H and O–H groups in total. The molecule has 0 aliphatic carbocycles. The lowest BCUT2D eigenvalue weighted by atomic mass is 9.78. The molecule has 12 heavy (non-hydrogen) atoms. The number of hydrogen-bond donors (Lipinski definition) is 2. The highest BCUT2D eigenvalue weighted by molar-refractivity contribution is 5.74. The molecule has 3 heteroatoms. The van der Waals surface area contributed by atoms with Crippen LogP contribution >= 0.6 is 0 Å². The fourth-order valence-corrected chi connectivity index (χ4v) is 1.77. The highest BCUT2D eigenvalue weighted by Gasteiger charge is 2.27. The van der Waals surface area contributed by atoms with Gasteiger partial charge in [-0.15, -0.1) is 0 Å². The smallest absolute Gasteiger partial charge is 0.217 e. The molecule has 72 valence electrons. The molecule has 0 fully saturated rings. The third kappa shape index (κ3) is 6.16. The van der Waals surface area contributed by atoms with Crippen LogP contribution in [0.2, 0.25) is 0 Å². The van der Waals surface area contributed by atoms with Crippen molar-refractivity contribution in [2.45, 2.75) is 46.1 Å². The van der Waals surface area contributed by atoms with Crippen molar-refractivity contribution in [1.29, 1.82) is 0 Å². The van der Waals surface area contributed by atoms with Crippen molar-refractivity contribution >= 4 is 5.91 Å². The lowest BCUT2D eigenvalue weighted by molar-refractivity contribution is -0.120. The molecule has 0 heterocycles. The summed E-state index contributed by atoms with van der Waals surface area (Å²) in [5, 5.41) is 0. The molecule has 0 saturated carbocycles. The van der Waals surface area contributed by atoms with E-state index in [1.807, 2.05) is 27.7 Å². The molecule has 0 aliphatic heterocycles. The number of nitrogens with two attached hydrogens (primary N) is 2. The van der Waals surface area contributed by atoms with Gasteiger partial charge in [-0.05, 0) is 25.7 Å². The third-order valence-corrected chi connectivity index (χ3v) is 1.59. The summed E-state index contributed by atoms with van der Waals surface area (Å²) in [5.41, 5.74) is 10.6. The van der Waals surface area contributed by atoms with Gasteiger partial charge in [0, 0.05) is 12.0 Å². The van der Waals surface area contributed by atoms with Gasteiger partial charge in [0.2, 0.25) is 5.91 Å². The average Bonchev–Trinajstić information content (AvgIpc) is 1.48. The first-order valence-electron chi connectivity index (χ1n) is 4.20. The van der Waals surface area contributed by atoms with Gasteiger partial charge in [-0.25, -0.2) is 0 Å². The number of amides is 1. The summed E-state index contributed by atoms with van der Waals surface area (Å²) < 4.78 is 0. The summed E-state index contributed by atoms with van der Waals surface area (Å²) in [6.07, 6.45) is 1.19. The van der Waals surface area contributed by atoms with Gasteiger partial charge in [-0.3, -0.25) is 4.79 Å². The summed E-state index contributed by atoms with van der Waals surface area (Å²) in [7, 11) is 0. The van der Waals surface area contributed by atoms with Crippen molar-refractivity contribution in [2.75, 3.05) is 0 Å². The van der Waals surface area contributed by atoms with Crippen molar-refractivity contribution in [3.05, 3.63) is 0 Å². The van der Waals surface area contributed by atoms with Crippen LogP contribution < -0.4 is 11.5 Å². The van der Waals surface area contributed by atoms with Crippen LogP contribution in [0.15, 0.2) is 0 Å². The van der Waals surface area contributed by atoms with E-state index in [9.17, 15) is 4.79 Å². The second-order valence-electron chi connectivity index (χ2n) is 4.97. The molecule has 0 aromatic heterocycles. The zero-order valence-electron chi connectivity index (χ0n) is 8.48. The molecule has 0 aliphatic rings. The minimum atomic E-state index is -0.260. The monoisotopic (exact) mass is 172 g/mol. The zero-order valence-corrected chi connectivity index (χ0v) is 8.48. The quantitative estimate of drug-likeness (QED) is 0.664. The Bertz CT molecular complexity index is 168. The number of rotatable bonds is 4. The Kier molecular flexibility index (Phi) is 3.27. The average molecular weight is 172 g/mol. The van der Waals surface area contributed by atoms with Crippen LogP contribution in [0.4, 0.5) is 0 Å². The maximum Gasteiger partial charge on any atom is 0.217 e. The fraction of sp³-hybridized carbons (Fsp3) is 0.889. The van der Waals surface area contributed by atoms with Crippen molar-refractivity contribution in [3.63, 3.8) is 0 Å². The van der Waals surface area contributed by atoms with Gasteiger partial charge >= 0.3 is 0 Å². The van der Waals surface area contributed by atoms with Gasteiger partial charge in [0.05, 0.1) is 0 Å². The van der Waals surface area contributed by atoms with Crippen LogP contribution in [0.3, 0.4) is 0 Å². The Labute approximate surface area is 74.5 Å². The molecule has 0 aromatic carbocycles. The van der Waals surface area contributed by atoms with Crippen LogP contribution in [-0.4, -0.2) is 11.4 Å². The van der Waals surface area contributed by atoms with E-state index in [-0.39, 0.29) is 16.9 Å². The largest absolute Gasteiger partial charge is 0.370 e. The second-order valence-corrected chi connectivity index (χ2v) is 4.97. The topological polar surface area (TPSA) is 69.1 Å². The van der Waals surface area contributed by atoms with Crippen LogP contribution in [0.1, 0.15) is 40.5 Å². The summed E-state index contributed by atoms with van der Waals surface area (Å²) in [4.78, 5) is 10.7. The van der Waals surface area contributed by atoms with E-state index in [0.717, 1.165) is 6.42 Å². The van der Waals surface area contributed by atoms with Gasteiger partial charge in [0.25, 0.3) is 0 Å². The van der Waals surface area contributed by atoms with Gasteiger partial charge in [-0.2, -0.15) is 0 Å². The molecular formula is C9H20N2O. The van der Waals surface area contributed by atoms with E-state index in [2.05, 4.69) is 0 Å². The van der Waals surface area contributed by atoms with E-state index < -0.39 is 0 Å². The fourth-order valence-electron chi connectivity index (χ4n) is 1.77. The molecule has 0 saturated heterocycles. The SMILES string of the molecule is CC(C)(N)CC(C)(C)CC(N)=O. The standard InChI is InChI=1S/C9H20N2O/c1-8(2,5-7(10)12)6-9(3,4)11/h5-6,11H2,1-4H3,(H2,10,12). The second kappa shape index (κ2) is 3.44.